The zero-order valence-corrected chi connectivity index (χ0v) is 10.9. The predicted molar refractivity (Wildman–Crippen MR) is 65.3 cm³/mol. The number of rotatable bonds is 5. The quantitative estimate of drug-likeness (QED) is 0.799. The van der Waals surface area contributed by atoms with Gasteiger partial charge in [-0.3, -0.25) is 0 Å². The van der Waals surface area contributed by atoms with Crippen LogP contribution in [0.15, 0.2) is 24.3 Å². The minimum absolute atomic E-state index is 0.0481. The number of nitrogens with zero attached hydrogens (tertiary/aromatic N) is 1. The third-order valence-electron chi connectivity index (χ3n) is 2.25. The van der Waals surface area contributed by atoms with Crippen LogP contribution in [0, 0.1) is 0 Å². The fraction of sp³-hybridized carbons (Fsp3) is 0.400. The molecule has 0 aromatic heterocycles. The summed E-state index contributed by atoms with van der Waals surface area (Å²) in [6, 6.07) is 6.37. The number of nitrogens with one attached hydrogen (secondary N) is 1. The second-order valence-electron chi connectivity index (χ2n) is 3.94. The van der Waals surface area contributed by atoms with Gasteiger partial charge >= 0.3 is 6.18 Å². The number of nitrogens with two attached hydrogens (primary N) is 1. The Morgan fingerprint density at radius 3 is 2.26 bits per heavy atom. The van der Waals surface area contributed by atoms with Crippen molar-refractivity contribution in [3.05, 3.63) is 29.8 Å². The van der Waals surface area contributed by atoms with E-state index >= 15 is 0 Å². The Labute approximate surface area is 109 Å². The molecule has 0 aliphatic carbocycles. The molecule has 0 radical (unpaired) electrons. The first-order valence-electron chi connectivity index (χ1n) is 5.22. The van der Waals surface area contributed by atoms with Gasteiger partial charge in [-0.25, -0.2) is 0 Å². The molecule has 0 saturated carbocycles. The largest absolute Gasteiger partial charge is 0.402 e. The summed E-state index contributed by atoms with van der Waals surface area (Å²) in [6.45, 7) is -1.64. The maximum absolute atomic E-state index is 12.0. The fourth-order valence-corrected chi connectivity index (χ4v) is 2.13. The van der Waals surface area contributed by atoms with Crippen molar-refractivity contribution in [2.24, 2.45) is 0 Å². The topological polar surface area (TPSA) is 75.4 Å². The van der Waals surface area contributed by atoms with E-state index in [-0.39, 0.29) is 6.54 Å². The van der Waals surface area contributed by atoms with E-state index in [1.807, 2.05) is 0 Å². The molecule has 0 spiro atoms. The number of nitrogen functional groups attached to an aromatic ring is 1. The number of hydrogen-bond acceptors (Lipinski definition) is 3. The van der Waals surface area contributed by atoms with Crippen LogP contribution >= 0.6 is 0 Å². The summed E-state index contributed by atoms with van der Waals surface area (Å²) >= 11 is 0. The second kappa shape index (κ2) is 5.76. The number of anilines is 1. The van der Waals surface area contributed by atoms with E-state index in [2.05, 4.69) is 0 Å². The maximum Gasteiger partial charge on any atom is 0.402 e. The van der Waals surface area contributed by atoms with Crippen LogP contribution in [0.5, 0.6) is 0 Å². The van der Waals surface area contributed by atoms with Crippen molar-refractivity contribution >= 4 is 15.9 Å². The Balaban J connectivity index is 2.66. The molecule has 5 nitrogen and oxygen atoms in total. The summed E-state index contributed by atoms with van der Waals surface area (Å²) < 4.78 is 61.2. The van der Waals surface area contributed by atoms with Gasteiger partial charge in [0.1, 0.15) is 6.54 Å². The van der Waals surface area contributed by atoms with Crippen LogP contribution in [-0.2, 0) is 16.8 Å². The van der Waals surface area contributed by atoms with Gasteiger partial charge in [-0.15, -0.1) is 0 Å². The van der Waals surface area contributed by atoms with Crippen molar-refractivity contribution in [3.8, 4) is 0 Å². The number of halogens is 3. The number of hydrogen-bond donors (Lipinski definition) is 2. The molecule has 9 heteroatoms. The summed E-state index contributed by atoms with van der Waals surface area (Å²) in [6.07, 6.45) is -4.59. The van der Waals surface area contributed by atoms with Crippen LogP contribution < -0.4 is 10.5 Å². The molecule has 0 saturated heterocycles. The molecule has 0 unspecified atom stereocenters. The van der Waals surface area contributed by atoms with Crippen LogP contribution in [-0.4, -0.2) is 32.5 Å². The van der Waals surface area contributed by atoms with Crippen molar-refractivity contribution in [2.75, 3.05) is 19.3 Å². The van der Waals surface area contributed by atoms with Crippen molar-refractivity contribution < 1.29 is 21.6 Å². The molecule has 0 bridgehead atoms. The van der Waals surface area contributed by atoms with Gasteiger partial charge in [0.15, 0.2) is 0 Å². The molecule has 19 heavy (non-hydrogen) atoms. The Morgan fingerprint density at radius 1 is 1.26 bits per heavy atom. The molecule has 3 N–H and O–H groups in total. The lowest BCUT2D eigenvalue weighted by Crippen LogP contribution is -2.42. The Morgan fingerprint density at radius 2 is 1.79 bits per heavy atom. The van der Waals surface area contributed by atoms with Crippen LogP contribution in [0.4, 0.5) is 18.9 Å². The zero-order chi connectivity index (χ0) is 14.7. The molecule has 1 aromatic rings. The van der Waals surface area contributed by atoms with E-state index in [1.54, 1.807) is 24.3 Å². The molecule has 0 aliphatic rings. The molecule has 0 aliphatic heterocycles. The standard InChI is InChI=1S/C10H14F3N3O2S/c1-16(6-8-2-4-9(14)5-3-8)19(17,18)15-7-10(11,12)13/h2-5,15H,6-7,14H2,1H3. The molecule has 0 atom stereocenters. The summed E-state index contributed by atoms with van der Waals surface area (Å²) in [5.41, 5.74) is 6.61. The number of alkyl halides is 3. The molecule has 0 amide bonds. The average molecular weight is 297 g/mol. The Bertz CT molecular complexity index is 514. The summed E-state index contributed by atoms with van der Waals surface area (Å²) in [5, 5.41) is 0. The minimum atomic E-state index is -4.59. The summed E-state index contributed by atoms with van der Waals surface area (Å²) in [7, 11) is -2.98. The summed E-state index contributed by atoms with van der Waals surface area (Å²) in [5.74, 6) is 0. The highest BCUT2D eigenvalue weighted by molar-refractivity contribution is 7.87. The van der Waals surface area contributed by atoms with E-state index in [9.17, 15) is 21.6 Å². The SMILES string of the molecule is CN(Cc1ccc(N)cc1)S(=O)(=O)NCC(F)(F)F. The fourth-order valence-electron chi connectivity index (χ4n) is 1.25. The summed E-state index contributed by atoms with van der Waals surface area (Å²) in [4.78, 5) is 0. The minimum Gasteiger partial charge on any atom is -0.399 e. The highest BCUT2D eigenvalue weighted by Gasteiger charge is 2.30. The normalized spacial score (nSPS) is 12.9. The van der Waals surface area contributed by atoms with Crippen molar-refractivity contribution in [1.82, 2.24) is 9.03 Å². The first-order chi connectivity index (χ1) is 8.60. The molecular formula is C10H14F3N3O2S. The number of benzene rings is 1. The van der Waals surface area contributed by atoms with Gasteiger partial charge < -0.3 is 5.73 Å². The van der Waals surface area contributed by atoms with Crippen LogP contribution in [0.2, 0.25) is 0 Å². The zero-order valence-electron chi connectivity index (χ0n) is 10.1. The van der Waals surface area contributed by atoms with Gasteiger partial charge in [0, 0.05) is 19.3 Å². The first-order valence-corrected chi connectivity index (χ1v) is 6.66. The first kappa shape index (κ1) is 15.7. The van der Waals surface area contributed by atoms with Gasteiger partial charge in [-0.1, -0.05) is 12.1 Å². The van der Waals surface area contributed by atoms with E-state index in [0.29, 0.717) is 11.3 Å². The van der Waals surface area contributed by atoms with Gasteiger partial charge in [0.05, 0.1) is 0 Å². The molecule has 0 heterocycles. The van der Waals surface area contributed by atoms with Gasteiger partial charge in [0.25, 0.3) is 10.2 Å². The monoisotopic (exact) mass is 297 g/mol. The van der Waals surface area contributed by atoms with E-state index in [4.69, 9.17) is 5.73 Å². The van der Waals surface area contributed by atoms with Gasteiger partial charge in [-0.05, 0) is 17.7 Å². The molecule has 0 fully saturated rings. The van der Waals surface area contributed by atoms with Gasteiger partial charge in [-0.2, -0.15) is 30.6 Å². The Kier molecular flexibility index (Phi) is 4.77. The highest BCUT2D eigenvalue weighted by Crippen LogP contribution is 2.14. The lowest BCUT2D eigenvalue weighted by atomic mass is 10.2. The van der Waals surface area contributed by atoms with E-state index in [0.717, 1.165) is 4.31 Å². The Hall–Kier alpha value is -1.32. The third-order valence-corrected chi connectivity index (χ3v) is 3.71. The van der Waals surface area contributed by atoms with Crippen LogP contribution in [0.3, 0.4) is 0 Å². The van der Waals surface area contributed by atoms with E-state index < -0.39 is 22.9 Å². The smallest absolute Gasteiger partial charge is 0.399 e. The van der Waals surface area contributed by atoms with Crippen LogP contribution in [0.25, 0.3) is 0 Å². The maximum atomic E-state index is 12.0. The lowest BCUT2D eigenvalue weighted by Gasteiger charge is -2.18. The third kappa shape index (κ3) is 5.45. The van der Waals surface area contributed by atoms with Crippen LogP contribution in [0.1, 0.15) is 5.56 Å². The molecule has 1 rings (SSSR count). The lowest BCUT2D eigenvalue weighted by molar-refractivity contribution is -0.121. The van der Waals surface area contributed by atoms with Crippen molar-refractivity contribution in [3.63, 3.8) is 0 Å². The highest BCUT2D eigenvalue weighted by atomic mass is 32.2. The molecule has 108 valence electrons. The molecular weight excluding hydrogens is 283 g/mol. The average Bonchev–Trinajstić information content (AvgIpc) is 2.29. The van der Waals surface area contributed by atoms with Crippen molar-refractivity contribution in [1.29, 1.82) is 0 Å². The van der Waals surface area contributed by atoms with Gasteiger partial charge in [0.2, 0.25) is 0 Å². The van der Waals surface area contributed by atoms with E-state index in [1.165, 1.54) is 11.8 Å². The molecule has 1 aromatic carbocycles. The predicted octanol–water partition coefficient (Wildman–Crippen LogP) is 1.10. The van der Waals surface area contributed by atoms with Crippen molar-refractivity contribution in [2.45, 2.75) is 12.7 Å². The second-order valence-corrected chi connectivity index (χ2v) is 5.80.